The van der Waals surface area contributed by atoms with Gasteiger partial charge in [0.15, 0.2) is 5.96 Å². The van der Waals surface area contributed by atoms with E-state index < -0.39 is 0 Å². The highest BCUT2D eigenvalue weighted by molar-refractivity contribution is 7.99. The third kappa shape index (κ3) is 5.65. The zero-order valence-corrected chi connectivity index (χ0v) is 18.5. The maximum Gasteiger partial charge on any atom is 0.186 e. The van der Waals surface area contributed by atoms with Crippen molar-refractivity contribution in [2.75, 3.05) is 0 Å². The van der Waals surface area contributed by atoms with Crippen molar-refractivity contribution in [2.24, 2.45) is 16.5 Å². The van der Waals surface area contributed by atoms with Crippen molar-refractivity contribution in [1.29, 1.82) is 0 Å². The summed E-state index contributed by atoms with van der Waals surface area (Å²) in [6, 6.07) is 11.3. The van der Waals surface area contributed by atoms with Crippen molar-refractivity contribution < 1.29 is 0 Å². The van der Waals surface area contributed by atoms with Crippen LogP contribution in [0.15, 0.2) is 57.5 Å². The Hall–Kier alpha value is -2.22. The second-order valence-electron chi connectivity index (χ2n) is 6.73. The minimum Gasteiger partial charge on any atom is -0.370 e. The molecule has 0 spiro atoms. The van der Waals surface area contributed by atoms with Crippen molar-refractivity contribution in [3.63, 3.8) is 0 Å². The molecule has 0 fully saturated rings. The van der Waals surface area contributed by atoms with Crippen molar-refractivity contribution in [2.45, 2.75) is 42.8 Å². The van der Waals surface area contributed by atoms with Gasteiger partial charge in [-0.2, -0.15) is 0 Å². The molecule has 3 rings (SSSR count). The number of rotatable bonds is 7. The number of aliphatic imine (C=N–C) groups is 1. The van der Waals surface area contributed by atoms with Crippen molar-refractivity contribution in [1.82, 2.24) is 14.5 Å². The largest absolute Gasteiger partial charge is 0.370 e. The second kappa shape index (κ2) is 9.52. The Morgan fingerprint density at radius 3 is 2.48 bits per heavy atom. The number of benzene rings is 1. The molecule has 0 aliphatic rings. The molecule has 3 aromatic rings. The quantitative estimate of drug-likeness (QED) is 0.403. The Balaban J connectivity index is 2.10. The van der Waals surface area contributed by atoms with E-state index >= 15 is 0 Å². The predicted molar refractivity (Wildman–Crippen MR) is 120 cm³/mol. The second-order valence-corrected chi connectivity index (χ2v) is 8.66. The van der Waals surface area contributed by atoms with E-state index in [9.17, 15) is 0 Å². The molecule has 0 radical (unpaired) electrons. The summed E-state index contributed by atoms with van der Waals surface area (Å²) in [6.45, 7) is 5.04. The van der Waals surface area contributed by atoms with Gasteiger partial charge in [-0.15, -0.1) is 0 Å². The highest BCUT2D eigenvalue weighted by Gasteiger charge is 2.21. The van der Waals surface area contributed by atoms with Crippen LogP contribution in [0.25, 0.3) is 0 Å². The molecule has 0 aliphatic heterocycles. The van der Waals surface area contributed by atoms with E-state index in [0.717, 1.165) is 27.1 Å². The van der Waals surface area contributed by atoms with E-state index in [2.05, 4.69) is 28.4 Å². The monoisotopic (exact) mass is 448 g/mol. The molecule has 0 atom stereocenters. The molecule has 9 heteroatoms. The molecule has 4 N–H and O–H groups in total. The number of hydrogen-bond acceptors (Lipinski definition) is 4. The minimum absolute atomic E-state index is 0.0271. The van der Waals surface area contributed by atoms with E-state index in [1.165, 1.54) is 0 Å². The lowest BCUT2D eigenvalue weighted by atomic mass is 10.1. The minimum atomic E-state index is 0.0271. The summed E-state index contributed by atoms with van der Waals surface area (Å²) >= 11 is 14.0. The summed E-state index contributed by atoms with van der Waals surface area (Å²) in [7, 11) is 0. The van der Waals surface area contributed by atoms with E-state index in [-0.39, 0.29) is 18.4 Å². The lowest BCUT2D eigenvalue weighted by Crippen LogP contribution is -2.23. The molecule has 0 saturated carbocycles. The van der Waals surface area contributed by atoms with Gasteiger partial charge in [-0.05, 0) is 36.2 Å². The van der Waals surface area contributed by atoms with Gasteiger partial charge >= 0.3 is 0 Å². The van der Waals surface area contributed by atoms with Crippen LogP contribution in [0.1, 0.15) is 37.0 Å². The average Bonchev–Trinajstić information content (AvgIpc) is 2.97. The van der Waals surface area contributed by atoms with Gasteiger partial charge in [0.25, 0.3) is 0 Å². The SMILES string of the molecule is CC(C)c1nc(CN=C(N)N)n(Cc2ccccn2)c1Sc1cc(Cl)cc(Cl)c1. The molecular formula is C20H22Cl2N6S. The fourth-order valence-corrected chi connectivity index (χ4v) is 4.70. The molecule has 0 bridgehead atoms. The molecule has 0 amide bonds. The standard InChI is InChI=1S/C20H22Cl2N6S/c1-12(2)18-19(29-16-8-13(21)7-14(22)9-16)28(11-15-5-3-4-6-25-15)17(27-18)10-26-20(23)24/h3-9,12H,10-11H2,1-2H3,(H4,23,24,26). The van der Waals surface area contributed by atoms with Crippen LogP contribution in [0, 0.1) is 0 Å². The number of hydrogen-bond donors (Lipinski definition) is 2. The van der Waals surface area contributed by atoms with Gasteiger partial charge in [0.1, 0.15) is 17.4 Å². The summed E-state index contributed by atoms with van der Waals surface area (Å²) in [6.07, 6.45) is 1.77. The highest BCUT2D eigenvalue weighted by Crippen LogP contribution is 2.37. The number of imidazole rings is 1. The third-order valence-corrected chi connectivity index (χ3v) is 5.60. The van der Waals surface area contributed by atoms with Gasteiger partial charge in [-0.25, -0.2) is 9.98 Å². The van der Waals surface area contributed by atoms with Gasteiger partial charge in [-0.1, -0.05) is 54.9 Å². The van der Waals surface area contributed by atoms with Gasteiger partial charge in [0, 0.05) is 21.1 Å². The van der Waals surface area contributed by atoms with Crippen LogP contribution in [0.4, 0.5) is 0 Å². The van der Waals surface area contributed by atoms with Crippen molar-refractivity contribution in [3.05, 3.63) is 69.9 Å². The number of nitrogens with two attached hydrogens (primary N) is 2. The van der Waals surface area contributed by atoms with E-state index in [1.54, 1.807) is 24.0 Å². The summed E-state index contributed by atoms with van der Waals surface area (Å²) in [5, 5.41) is 2.16. The molecule has 6 nitrogen and oxygen atoms in total. The predicted octanol–water partition coefficient (Wildman–Crippen LogP) is 4.68. The highest BCUT2D eigenvalue weighted by atomic mass is 35.5. The Kier molecular flexibility index (Phi) is 7.05. The van der Waals surface area contributed by atoms with Crippen LogP contribution in [0.3, 0.4) is 0 Å². The lowest BCUT2D eigenvalue weighted by molar-refractivity contribution is 0.657. The number of nitrogens with zero attached hydrogens (tertiary/aromatic N) is 4. The first-order valence-corrected chi connectivity index (χ1v) is 10.6. The molecule has 29 heavy (non-hydrogen) atoms. The summed E-state index contributed by atoms with van der Waals surface area (Å²) < 4.78 is 2.10. The molecule has 1 aromatic carbocycles. The van der Waals surface area contributed by atoms with Crippen LogP contribution >= 0.6 is 35.0 Å². The maximum absolute atomic E-state index is 6.20. The van der Waals surface area contributed by atoms with Gasteiger partial charge in [0.05, 0.1) is 17.9 Å². The van der Waals surface area contributed by atoms with Crippen molar-refractivity contribution >= 4 is 40.9 Å². The normalized spacial score (nSPS) is 11.1. The molecule has 0 unspecified atom stereocenters. The smallest absolute Gasteiger partial charge is 0.186 e. The number of aromatic nitrogens is 3. The first kappa shape index (κ1) is 21.5. The van der Waals surface area contributed by atoms with Gasteiger partial charge < -0.3 is 16.0 Å². The van der Waals surface area contributed by atoms with Crippen LogP contribution in [-0.2, 0) is 13.1 Å². The third-order valence-electron chi connectivity index (χ3n) is 4.07. The molecule has 2 heterocycles. The molecule has 2 aromatic heterocycles. The molecule has 152 valence electrons. The summed E-state index contributed by atoms with van der Waals surface area (Å²) in [5.74, 6) is 0.998. The Labute approximate surface area is 184 Å². The van der Waals surface area contributed by atoms with Crippen LogP contribution in [-0.4, -0.2) is 20.5 Å². The van der Waals surface area contributed by atoms with Gasteiger partial charge in [-0.3, -0.25) is 4.98 Å². The topological polar surface area (TPSA) is 95.1 Å². The Morgan fingerprint density at radius 1 is 1.17 bits per heavy atom. The van der Waals surface area contributed by atoms with Crippen LogP contribution in [0.2, 0.25) is 10.0 Å². The molecule has 0 aliphatic carbocycles. The number of pyridine rings is 1. The molecular weight excluding hydrogens is 427 g/mol. The zero-order chi connectivity index (χ0) is 21.0. The van der Waals surface area contributed by atoms with Crippen LogP contribution < -0.4 is 11.5 Å². The zero-order valence-electron chi connectivity index (χ0n) is 16.1. The molecule has 0 saturated heterocycles. The average molecular weight is 449 g/mol. The lowest BCUT2D eigenvalue weighted by Gasteiger charge is -2.13. The number of guanidine groups is 1. The first-order chi connectivity index (χ1) is 13.8. The Bertz CT molecular complexity index is 993. The summed E-state index contributed by atoms with van der Waals surface area (Å²) in [4.78, 5) is 14.4. The van der Waals surface area contributed by atoms with Crippen LogP contribution in [0.5, 0.6) is 0 Å². The fraction of sp³-hybridized carbons (Fsp3) is 0.250. The van der Waals surface area contributed by atoms with E-state index in [1.807, 2.05) is 30.3 Å². The van der Waals surface area contributed by atoms with E-state index in [4.69, 9.17) is 39.7 Å². The fourth-order valence-electron chi connectivity index (χ4n) is 2.78. The Morgan fingerprint density at radius 2 is 1.90 bits per heavy atom. The van der Waals surface area contributed by atoms with Gasteiger partial charge in [0.2, 0.25) is 0 Å². The maximum atomic E-state index is 6.20. The van der Waals surface area contributed by atoms with Crippen molar-refractivity contribution in [3.8, 4) is 0 Å². The summed E-state index contributed by atoms with van der Waals surface area (Å²) in [5.41, 5.74) is 13.0. The van der Waals surface area contributed by atoms with E-state index in [0.29, 0.717) is 16.6 Å². The number of halogens is 2. The first-order valence-electron chi connectivity index (χ1n) is 9.02.